The van der Waals surface area contributed by atoms with Gasteiger partial charge in [-0.2, -0.15) is 0 Å². The van der Waals surface area contributed by atoms with Crippen molar-refractivity contribution < 1.29 is 9.53 Å². The van der Waals surface area contributed by atoms with Crippen LogP contribution in [0.3, 0.4) is 0 Å². The van der Waals surface area contributed by atoms with Crippen LogP contribution in [0.25, 0.3) is 27.6 Å². The molecule has 4 aromatic rings. The van der Waals surface area contributed by atoms with E-state index in [9.17, 15) is 4.79 Å². The molecule has 9 heteroatoms. The molecule has 27 heavy (non-hydrogen) atoms. The Bertz CT molecular complexity index is 1100. The van der Waals surface area contributed by atoms with Crippen LogP contribution < -0.4 is 0 Å². The number of aromatic nitrogens is 5. The van der Waals surface area contributed by atoms with Crippen LogP contribution in [0.15, 0.2) is 29.9 Å². The first kappa shape index (κ1) is 16.4. The fourth-order valence-corrected chi connectivity index (χ4v) is 4.33. The third kappa shape index (κ3) is 2.70. The number of thiazole rings is 1. The number of rotatable bonds is 2. The molecule has 138 valence electrons. The average Bonchev–Trinajstić information content (AvgIpc) is 3.33. The number of hydrogen-bond acceptors (Lipinski definition) is 6. The number of carbonyl (C=O) groups is 1. The SMILES string of the molecule is C[C@@H]1CN(C(=O)c2nc3sccn3c2-c2nc3ncccc3[nH]2)C[C@H](C)O1. The second-order valence-electron chi connectivity index (χ2n) is 6.79. The minimum atomic E-state index is -0.101. The highest BCUT2D eigenvalue weighted by Crippen LogP contribution is 2.28. The molecule has 1 N–H and O–H groups in total. The van der Waals surface area contributed by atoms with E-state index in [0.29, 0.717) is 35.9 Å². The number of aromatic amines is 1. The molecule has 0 aliphatic carbocycles. The first-order valence-corrected chi connectivity index (χ1v) is 9.69. The molecule has 0 unspecified atom stereocenters. The van der Waals surface area contributed by atoms with Crippen molar-refractivity contribution in [2.45, 2.75) is 26.1 Å². The van der Waals surface area contributed by atoms with Crippen LogP contribution in [0.1, 0.15) is 24.3 Å². The molecule has 1 aliphatic heterocycles. The number of carbonyl (C=O) groups excluding carboxylic acids is 1. The van der Waals surface area contributed by atoms with Gasteiger partial charge in [0.15, 0.2) is 22.1 Å². The summed E-state index contributed by atoms with van der Waals surface area (Å²) < 4.78 is 7.66. The Kier molecular flexibility index (Phi) is 3.73. The van der Waals surface area contributed by atoms with Crippen LogP contribution in [-0.4, -0.2) is 60.4 Å². The van der Waals surface area contributed by atoms with Crippen molar-refractivity contribution in [1.82, 2.24) is 29.2 Å². The summed E-state index contributed by atoms with van der Waals surface area (Å²) in [6.45, 7) is 5.06. The lowest BCUT2D eigenvalue weighted by Crippen LogP contribution is -2.48. The first-order valence-electron chi connectivity index (χ1n) is 8.81. The highest BCUT2D eigenvalue weighted by Gasteiger charge is 2.31. The van der Waals surface area contributed by atoms with E-state index in [2.05, 4.69) is 19.9 Å². The molecule has 0 saturated carbocycles. The van der Waals surface area contributed by atoms with Gasteiger partial charge in [0.2, 0.25) is 0 Å². The van der Waals surface area contributed by atoms with E-state index in [1.807, 2.05) is 46.9 Å². The Morgan fingerprint density at radius 3 is 2.89 bits per heavy atom. The fraction of sp³-hybridized carbons (Fsp3) is 0.333. The highest BCUT2D eigenvalue weighted by molar-refractivity contribution is 7.15. The van der Waals surface area contributed by atoms with Crippen molar-refractivity contribution in [2.24, 2.45) is 0 Å². The molecule has 1 aliphatic rings. The highest BCUT2D eigenvalue weighted by atomic mass is 32.1. The number of fused-ring (bicyclic) bond motifs is 2. The number of ether oxygens (including phenoxy) is 1. The molecule has 1 fully saturated rings. The molecule has 0 bridgehead atoms. The maximum absolute atomic E-state index is 13.3. The molecular weight excluding hydrogens is 364 g/mol. The van der Waals surface area contributed by atoms with Crippen molar-refractivity contribution in [1.29, 1.82) is 0 Å². The van der Waals surface area contributed by atoms with Crippen molar-refractivity contribution in [3.63, 3.8) is 0 Å². The standard InChI is InChI=1S/C18H18N6O2S/c1-10-8-23(9-11(2)26-10)17(25)13-14(24-6-7-27-18(24)21-13)16-20-12-4-3-5-19-15(12)22-16/h3-7,10-11H,8-9H2,1-2H3,(H,19,20,22)/t10-,11+. The largest absolute Gasteiger partial charge is 0.372 e. The van der Waals surface area contributed by atoms with Crippen LogP contribution in [0, 0.1) is 0 Å². The number of pyridine rings is 1. The van der Waals surface area contributed by atoms with Gasteiger partial charge in [0.05, 0.1) is 17.7 Å². The topological polar surface area (TPSA) is 88.4 Å². The molecular formula is C18H18N6O2S. The monoisotopic (exact) mass is 382 g/mol. The van der Waals surface area contributed by atoms with E-state index >= 15 is 0 Å². The third-order valence-corrected chi connectivity index (χ3v) is 5.41. The molecule has 5 heterocycles. The Morgan fingerprint density at radius 1 is 1.30 bits per heavy atom. The number of nitrogens with one attached hydrogen (secondary N) is 1. The van der Waals surface area contributed by atoms with Gasteiger partial charge in [-0.3, -0.25) is 9.20 Å². The zero-order valence-corrected chi connectivity index (χ0v) is 15.7. The summed E-state index contributed by atoms with van der Waals surface area (Å²) in [5.74, 6) is 0.489. The van der Waals surface area contributed by atoms with Crippen LogP contribution >= 0.6 is 11.3 Å². The molecule has 1 saturated heterocycles. The van der Waals surface area contributed by atoms with Gasteiger partial charge in [0.1, 0.15) is 5.69 Å². The van der Waals surface area contributed by atoms with Gasteiger partial charge in [-0.25, -0.2) is 15.0 Å². The Labute approximate surface area is 158 Å². The first-order chi connectivity index (χ1) is 13.1. The van der Waals surface area contributed by atoms with Crippen LogP contribution in [0.4, 0.5) is 0 Å². The zero-order chi connectivity index (χ0) is 18.5. The van der Waals surface area contributed by atoms with Gasteiger partial charge in [-0.15, -0.1) is 11.3 Å². The summed E-state index contributed by atoms with van der Waals surface area (Å²) in [6.07, 6.45) is 3.61. The molecule has 1 amide bonds. The lowest BCUT2D eigenvalue weighted by atomic mass is 10.2. The normalized spacial score (nSPS) is 20.6. The van der Waals surface area contributed by atoms with Crippen LogP contribution in [-0.2, 0) is 4.74 Å². The third-order valence-electron chi connectivity index (χ3n) is 4.65. The lowest BCUT2D eigenvalue weighted by molar-refractivity contribution is -0.0587. The van der Waals surface area contributed by atoms with Gasteiger partial charge in [-0.1, -0.05) is 0 Å². The Morgan fingerprint density at radius 2 is 2.11 bits per heavy atom. The summed E-state index contributed by atoms with van der Waals surface area (Å²) >= 11 is 1.49. The summed E-state index contributed by atoms with van der Waals surface area (Å²) in [4.78, 5) is 32.6. The number of hydrogen-bond donors (Lipinski definition) is 1. The summed E-state index contributed by atoms with van der Waals surface area (Å²) in [7, 11) is 0. The van der Waals surface area contributed by atoms with E-state index in [0.717, 1.165) is 10.5 Å². The lowest BCUT2D eigenvalue weighted by Gasteiger charge is -2.35. The van der Waals surface area contributed by atoms with Crippen molar-refractivity contribution in [2.75, 3.05) is 13.1 Å². The Balaban J connectivity index is 1.63. The number of nitrogens with zero attached hydrogens (tertiary/aromatic N) is 5. The van der Waals surface area contributed by atoms with Gasteiger partial charge >= 0.3 is 0 Å². The summed E-state index contributed by atoms with van der Waals surface area (Å²) in [5, 5.41) is 1.94. The number of H-pyrrole nitrogens is 1. The number of morpholine rings is 1. The van der Waals surface area contributed by atoms with Gasteiger partial charge < -0.3 is 14.6 Å². The van der Waals surface area contributed by atoms with Gasteiger partial charge in [0.25, 0.3) is 5.91 Å². The molecule has 0 radical (unpaired) electrons. The minimum Gasteiger partial charge on any atom is -0.372 e. The smallest absolute Gasteiger partial charge is 0.275 e. The second-order valence-corrected chi connectivity index (χ2v) is 7.67. The van der Waals surface area contributed by atoms with E-state index in [4.69, 9.17) is 4.74 Å². The predicted molar refractivity (Wildman–Crippen MR) is 102 cm³/mol. The fourth-order valence-electron chi connectivity index (χ4n) is 3.61. The van der Waals surface area contributed by atoms with E-state index in [1.165, 1.54) is 11.3 Å². The molecule has 4 aromatic heterocycles. The van der Waals surface area contributed by atoms with E-state index in [-0.39, 0.29) is 18.1 Å². The zero-order valence-electron chi connectivity index (χ0n) is 14.9. The van der Waals surface area contributed by atoms with Crippen molar-refractivity contribution >= 4 is 33.4 Å². The molecule has 5 rings (SSSR count). The van der Waals surface area contributed by atoms with Crippen molar-refractivity contribution in [3.8, 4) is 11.5 Å². The molecule has 0 spiro atoms. The van der Waals surface area contributed by atoms with Crippen molar-refractivity contribution in [3.05, 3.63) is 35.6 Å². The molecule has 8 nitrogen and oxygen atoms in total. The quantitative estimate of drug-likeness (QED) is 0.576. The van der Waals surface area contributed by atoms with Crippen LogP contribution in [0.2, 0.25) is 0 Å². The van der Waals surface area contributed by atoms with E-state index in [1.54, 1.807) is 6.20 Å². The average molecular weight is 382 g/mol. The summed E-state index contributed by atoms with van der Waals surface area (Å²) in [5.41, 5.74) is 2.51. The number of imidazole rings is 2. The van der Waals surface area contributed by atoms with Gasteiger partial charge in [0, 0.05) is 30.9 Å². The van der Waals surface area contributed by atoms with Crippen LogP contribution in [0.5, 0.6) is 0 Å². The maximum atomic E-state index is 13.3. The summed E-state index contributed by atoms with van der Waals surface area (Å²) in [6, 6.07) is 3.76. The number of amides is 1. The molecule has 0 aromatic carbocycles. The predicted octanol–water partition coefficient (Wildman–Crippen LogP) is 2.58. The Hall–Kier alpha value is -2.78. The second kappa shape index (κ2) is 6.14. The van der Waals surface area contributed by atoms with E-state index < -0.39 is 0 Å². The van der Waals surface area contributed by atoms with Gasteiger partial charge in [-0.05, 0) is 26.0 Å². The maximum Gasteiger partial charge on any atom is 0.275 e. The minimum absolute atomic E-state index is 0.000263. The molecule has 2 atom stereocenters.